The van der Waals surface area contributed by atoms with Gasteiger partial charge in [0.05, 0.1) is 20.4 Å². The summed E-state index contributed by atoms with van der Waals surface area (Å²) >= 11 is 0. The van der Waals surface area contributed by atoms with Crippen molar-refractivity contribution in [2.75, 3.05) is 14.2 Å². The van der Waals surface area contributed by atoms with Gasteiger partial charge in [0.25, 0.3) is 0 Å². The average Bonchev–Trinajstić information content (AvgIpc) is 2.52. The molecule has 0 spiro atoms. The van der Waals surface area contributed by atoms with Crippen LogP contribution in [-0.2, 0) is 11.4 Å². The number of nitrogens with zero attached hydrogens (tertiary/aromatic N) is 1. The van der Waals surface area contributed by atoms with E-state index in [-0.39, 0.29) is 0 Å². The second kappa shape index (κ2) is 7.19. The first-order valence-corrected chi connectivity index (χ1v) is 6.25. The van der Waals surface area contributed by atoms with Crippen molar-refractivity contribution in [1.29, 1.82) is 0 Å². The molecule has 4 heteroatoms. The van der Waals surface area contributed by atoms with Crippen LogP contribution in [0.15, 0.2) is 53.7 Å². The molecule has 0 bridgehead atoms. The quantitative estimate of drug-likeness (QED) is 0.598. The van der Waals surface area contributed by atoms with Crippen molar-refractivity contribution in [1.82, 2.24) is 0 Å². The Kier molecular flexibility index (Phi) is 5.00. The Morgan fingerprint density at radius 2 is 1.70 bits per heavy atom. The summed E-state index contributed by atoms with van der Waals surface area (Å²) in [6, 6.07) is 15.3. The molecule has 0 aliphatic carbocycles. The van der Waals surface area contributed by atoms with Crippen LogP contribution >= 0.6 is 0 Å². The van der Waals surface area contributed by atoms with E-state index in [1.807, 2.05) is 48.5 Å². The van der Waals surface area contributed by atoms with Gasteiger partial charge in [0.2, 0.25) is 0 Å². The Bertz CT molecular complexity index is 564. The molecule has 0 N–H and O–H groups in total. The second-order valence-corrected chi connectivity index (χ2v) is 4.09. The maximum Gasteiger partial charge on any atom is 0.145 e. The minimum atomic E-state index is 0.372. The number of hydrogen-bond donors (Lipinski definition) is 0. The minimum Gasteiger partial charge on any atom is -0.497 e. The third-order valence-corrected chi connectivity index (χ3v) is 2.80. The highest BCUT2D eigenvalue weighted by Crippen LogP contribution is 2.18. The highest BCUT2D eigenvalue weighted by molar-refractivity contribution is 5.79. The molecular weight excluding hydrogens is 254 g/mol. The van der Waals surface area contributed by atoms with Crippen molar-refractivity contribution < 1.29 is 14.3 Å². The Labute approximate surface area is 118 Å². The van der Waals surface area contributed by atoms with E-state index in [2.05, 4.69) is 5.16 Å². The number of ether oxygens (including phenoxy) is 2. The molecule has 0 aliphatic rings. The minimum absolute atomic E-state index is 0.372. The summed E-state index contributed by atoms with van der Waals surface area (Å²) in [5.41, 5.74) is 1.91. The first-order valence-electron chi connectivity index (χ1n) is 6.25. The maximum atomic E-state index is 5.28. The lowest BCUT2D eigenvalue weighted by atomic mass is 10.2. The molecule has 0 fully saturated rings. The first-order chi connectivity index (χ1) is 9.83. The van der Waals surface area contributed by atoms with E-state index in [0.29, 0.717) is 6.61 Å². The van der Waals surface area contributed by atoms with Crippen LogP contribution in [0.4, 0.5) is 0 Å². The molecule has 104 valence electrons. The number of rotatable bonds is 6. The number of oxime groups is 1. The predicted molar refractivity (Wildman–Crippen MR) is 78.4 cm³/mol. The Morgan fingerprint density at radius 3 is 2.40 bits per heavy atom. The van der Waals surface area contributed by atoms with Crippen molar-refractivity contribution >= 4 is 6.21 Å². The fourth-order valence-electron chi connectivity index (χ4n) is 1.72. The van der Waals surface area contributed by atoms with Crippen molar-refractivity contribution in [3.8, 4) is 11.5 Å². The Balaban J connectivity index is 1.90. The molecule has 0 saturated heterocycles. The monoisotopic (exact) mass is 271 g/mol. The van der Waals surface area contributed by atoms with Crippen LogP contribution in [0.1, 0.15) is 11.1 Å². The molecular formula is C16H17NO3. The van der Waals surface area contributed by atoms with E-state index < -0.39 is 0 Å². The van der Waals surface area contributed by atoms with Crippen molar-refractivity contribution in [3.63, 3.8) is 0 Å². The second-order valence-electron chi connectivity index (χ2n) is 4.09. The van der Waals surface area contributed by atoms with Crippen molar-refractivity contribution in [3.05, 3.63) is 59.7 Å². The van der Waals surface area contributed by atoms with Gasteiger partial charge in [-0.15, -0.1) is 0 Å². The molecule has 0 heterocycles. The molecule has 0 amide bonds. The fourth-order valence-corrected chi connectivity index (χ4v) is 1.72. The molecule has 0 unspecified atom stereocenters. The topological polar surface area (TPSA) is 40.0 Å². The summed E-state index contributed by atoms with van der Waals surface area (Å²) in [5, 5.41) is 3.95. The maximum absolute atomic E-state index is 5.28. The standard InChI is InChI=1S/C16H17NO3/c1-18-15-9-7-13(8-10-15)11-17-20-12-14-5-3-4-6-16(14)19-2/h3-11H,12H2,1-2H3. The van der Waals surface area contributed by atoms with Gasteiger partial charge in [0, 0.05) is 5.56 Å². The van der Waals surface area contributed by atoms with Gasteiger partial charge in [-0.3, -0.25) is 0 Å². The highest BCUT2D eigenvalue weighted by Gasteiger charge is 2.00. The summed E-state index contributed by atoms with van der Waals surface area (Å²) in [6.45, 7) is 0.372. The number of methoxy groups -OCH3 is 2. The van der Waals surface area contributed by atoms with E-state index >= 15 is 0 Å². The van der Waals surface area contributed by atoms with E-state index in [1.54, 1.807) is 20.4 Å². The van der Waals surface area contributed by atoms with Crippen LogP contribution in [0.3, 0.4) is 0 Å². The van der Waals surface area contributed by atoms with Gasteiger partial charge >= 0.3 is 0 Å². The van der Waals surface area contributed by atoms with Gasteiger partial charge in [-0.2, -0.15) is 0 Å². The van der Waals surface area contributed by atoms with Crippen LogP contribution in [-0.4, -0.2) is 20.4 Å². The third-order valence-electron chi connectivity index (χ3n) is 2.80. The summed E-state index contributed by atoms with van der Waals surface area (Å²) in [4.78, 5) is 5.28. The van der Waals surface area contributed by atoms with Gasteiger partial charge in [-0.1, -0.05) is 23.4 Å². The lowest BCUT2D eigenvalue weighted by molar-refractivity contribution is 0.130. The number of hydrogen-bond acceptors (Lipinski definition) is 4. The van der Waals surface area contributed by atoms with E-state index in [0.717, 1.165) is 22.6 Å². The highest BCUT2D eigenvalue weighted by atomic mass is 16.6. The molecule has 0 aliphatic heterocycles. The normalized spacial score (nSPS) is 10.5. The van der Waals surface area contributed by atoms with E-state index in [4.69, 9.17) is 14.3 Å². The van der Waals surface area contributed by atoms with E-state index in [1.165, 1.54) is 0 Å². The lowest BCUT2D eigenvalue weighted by Crippen LogP contribution is -1.93. The summed E-state index contributed by atoms with van der Waals surface area (Å²) in [7, 11) is 3.28. The average molecular weight is 271 g/mol. The molecule has 0 aromatic heterocycles. The number of para-hydroxylation sites is 1. The van der Waals surface area contributed by atoms with Gasteiger partial charge in [0.15, 0.2) is 0 Å². The SMILES string of the molecule is COc1ccc(C=NOCc2ccccc2OC)cc1. The van der Waals surface area contributed by atoms with Crippen LogP contribution in [0.25, 0.3) is 0 Å². The lowest BCUT2D eigenvalue weighted by Gasteiger charge is -2.06. The summed E-state index contributed by atoms with van der Waals surface area (Å²) in [5.74, 6) is 1.62. The van der Waals surface area contributed by atoms with Gasteiger partial charge in [0.1, 0.15) is 18.1 Å². The largest absolute Gasteiger partial charge is 0.497 e. The van der Waals surface area contributed by atoms with E-state index in [9.17, 15) is 0 Å². The fraction of sp³-hybridized carbons (Fsp3) is 0.188. The van der Waals surface area contributed by atoms with Crippen molar-refractivity contribution in [2.24, 2.45) is 5.16 Å². The molecule has 4 nitrogen and oxygen atoms in total. The molecule has 2 aromatic rings. The molecule has 0 atom stereocenters. The van der Waals surface area contributed by atoms with Gasteiger partial charge in [-0.05, 0) is 35.9 Å². The number of benzene rings is 2. The third kappa shape index (κ3) is 3.75. The van der Waals surface area contributed by atoms with Gasteiger partial charge in [-0.25, -0.2) is 0 Å². The predicted octanol–water partition coefficient (Wildman–Crippen LogP) is 3.25. The zero-order chi connectivity index (χ0) is 14.2. The smallest absolute Gasteiger partial charge is 0.145 e. The summed E-state index contributed by atoms with van der Waals surface area (Å²) in [6.07, 6.45) is 1.66. The van der Waals surface area contributed by atoms with Crippen LogP contribution in [0.2, 0.25) is 0 Å². The van der Waals surface area contributed by atoms with Crippen LogP contribution in [0.5, 0.6) is 11.5 Å². The molecule has 20 heavy (non-hydrogen) atoms. The van der Waals surface area contributed by atoms with Gasteiger partial charge < -0.3 is 14.3 Å². The Hall–Kier alpha value is -2.49. The molecule has 2 rings (SSSR count). The van der Waals surface area contributed by atoms with Crippen molar-refractivity contribution in [2.45, 2.75) is 6.61 Å². The van der Waals surface area contributed by atoms with Crippen LogP contribution < -0.4 is 9.47 Å². The van der Waals surface area contributed by atoms with Crippen LogP contribution in [0, 0.1) is 0 Å². The summed E-state index contributed by atoms with van der Waals surface area (Å²) < 4.78 is 10.3. The zero-order valence-corrected chi connectivity index (χ0v) is 11.6. The molecule has 2 aromatic carbocycles. The molecule has 0 saturated carbocycles. The molecule has 0 radical (unpaired) electrons. The zero-order valence-electron chi connectivity index (χ0n) is 11.6. The first kappa shape index (κ1) is 13.9. The Morgan fingerprint density at radius 1 is 0.950 bits per heavy atom.